The van der Waals surface area contributed by atoms with Crippen LogP contribution in [0, 0.1) is 6.92 Å². The van der Waals surface area contributed by atoms with E-state index in [2.05, 4.69) is 10.4 Å². The summed E-state index contributed by atoms with van der Waals surface area (Å²) in [5, 5.41) is 16.4. The summed E-state index contributed by atoms with van der Waals surface area (Å²) in [6.07, 6.45) is 0.0797. The Labute approximate surface area is 110 Å². The number of hydrogen-bond donors (Lipinski definition) is 3. The number of hydrogen-bond acceptors (Lipinski definition) is 4. The summed E-state index contributed by atoms with van der Waals surface area (Å²) in [6, 6.07) is 6.72. The molecule has 2 aromatic rings. The molecular formula is C13H16N4O2. The maximum Gasteiger partial charge on any atom is 0.230 e. The summed E-state index contributed by atoms with van der Waals surface area (Å²) in [7, 11) is 1.71. The highest BCUT2D eigenvalue weighted by molar-refractivity contribution is 5.94. The van der Waals surface area contributed by atoms with E-state index in [1.165, 1.54) is 4.68 Å². The lowest BCUT2D eigenvalue weighted by molar-refractivity contribution is -0.115. The molecule has 0 bridgehead atoms. The van der Waals surface area contributed by atoms with Gasteiger partial charge in [-0.15, -0.1) is 0 Å². The van der Waals surface area contributed by atoms with Gasteiger partial charge in [-0.2, -0.15) is 5.10 Å². The van der Waals surface area contributed by atoms with Crippen LogP contribution in [0.2, 0.25) is 0 Å². The number of benzene rings is 1. The molecule has 2 rings (SSSR count). The molecule has 0 fully saturated rings. The van der Waals surface area contributed by atoms with Crippen LogP contribution in [0.5, 0.6) is 5.75 Å². The first-order valence-electron chi connectivity index (χ1n) is 5.85. The summed E-state index contributed by atoms with van der Waals surface area (Å²) in [4.78, 5) is 11.9. The number of para-hydroxylation sites is 1. The first-order valence-corrected chi connectivity index (χ1v) is 5.85. The predicted molar refractivity (Wildman–Crippen MR) is 72.8 cm³/mol. The van der Waals surface area contributed by atoms with Gasteiger partial charge in [-0.25, -0.2) is 0 Å². The second-order valence-electron chi connectivity index (χ2n) is 4.32. The average molecular weight is 260 g/mol. The number of carbonyl (C=O) groups is 1. The second-order valence-corrected chi connectivity index (χ2v) is 4.32. The zero-order valence-corrected chi connectivity index (χ0v) is 10.8. The minimum Gasteiger partial charge on any atom is -0.508 e. The highest BCUT2D eigenvalue weighted by Gasteiger charge is 2.14. The molecule has 6 nitrogen and oxygen atoms in total. The van der Waals surface area contributed by atoms with Crippen LogP contribution < -0.4 is 11.1 Å². The van der Waals surface area contributed by atoms with Gasteiger partial charge in [0.15, 0.2) is 5.82 Å². The Balaban J connectivity index is 2.12. The molecule has 0 aliphatic carbocycles. The first kappa shape index (κ1) is 12.9. The zero-order valence-electron chi connectivity index (χ0n) is 10.8. The van der Waals surface area contributed by atoms with Gasteiger partial charge in [0.1, 0.15) is 5.75 Å². The van der Waals surface area contributed by atoms with Crippen LogP contribution in [-0.4, -0.2) is 20.8 Å². The smallest absolute Gasteiger partial charge is 0.230 e. The second kappa shape index (κ2) is 5.01. The molecular weight excluding hydrogens is 244 g/mol. The standard InChI is InChI=1S/C13H16N4O2/c1-8-12(14)13(17(2)16-8)15-11(19)7-9-5-3-4-6-10(9)18/h3-6,18H,7,14H2,1-2H3,(H,15,19). The molecule has 0 unspecified atom stereocenters. The van der Waals surface area contributed by atoms with Crippen molar-refractivity contribution >= 4 is 17.4 Å². The average Bonchev–Trinajstić information content (AvgIpc) is 2.59. The Morgan fingerprint density at radius 1 is 1.47 bits per heavy atom. The van der Waals surface area contributed by atoms with Crippen molar-refractivity contribution in [3.63, 3.8) is 0 Å². The molecule has 0 spiro atoms. The molecule has 0 radical (unpaired) electrons. The van der Waals surface area contributed by atoms with Crippen LogP contribution in [0.3, 0.4) is 0 Å². The van der Waals surface area contributed by atoms with Crippen molar-refractivity contribution in [3.8, 4) is 5.75 Å². The third-order valence-electron chi connectivity index (χ3n) is 2.87. The number of carbonyl (C=O) groups excluding carboxylic acids is 1. The van der Waals surface area contributed by atoms with Crippen molar-refractivity contribution in [2.24, 2.45) is 7.05 Å². The molecule has 0 atom stereocenters. The molecule has 0 aliphatic heterocycles. The fraction of sp³-hybridized carbons (Fsp3) is 0.231. The van der Waals surface area contributed by atoms with E-state index >= 15 is 0 Å². The lowest BCUT2D eigenvalue weighted by Gasteiger charge is -2.07. The number of aromatic nitrogens is 2. The molecule has 1 heterocycles. The Hall–Kier alpha value is -2.50. The van der Waals surface area contributed by atoms with E-state index < -0.39 is 0 Å². The van der Waals surface area contributed by atoms with Crippen molar-refractivity contribution in [1.29, 1.82) is 0 Å². The van der Waals surface area contributed by atoms with E-state index in [1.54, 1.807) is 38.2 Å². The highest BCUT2D eigenvalue weighted by Crippen LogP contribution is 2.22. The number of aryl methyl sites for hydroxylation is 2. The van der Waals surface area contributed by atoms with Crippen LogP contribution in [0.4, 0.5) is 11.5 Å². The van der Waals surface area contributed by atoms with Crippen LogP contribution in [0.25, 0.3) is 0 Å². The number of anilines is 2. The van der Waals surface area contributed by atoms with Crippen LogP contribution in [0.15, 0.2) is 24.3 Å². The van der Waals surface area contributed by atoms with Crippen LogP contribution in [0.1, 0.15) is 11.3 Å². The van der Waals surface area contributed by atoms with E-state index in [0.717, 1.165) is 0 Å². The molecule has 100 valence electrons. The third-order valence-corrected chi connectivity index (χ3v) is 2.87. The maximum atomic E-state index is 11.9. The summed E-state index contributed by atoms with van der Waals surface area (Å²) in [5.41, 5.74) is 7.51. The first-order chi connectivity index (χ1) is 8.99. The van der Waals surface area contributed by atoms with Gasteiger partial charge in [0, 0.05) is 12.6 Å². The van der Waals surface area contributed by atoms with Crippen LogP contribution in [-0.2, 0) is 18.3 Å². The van der Waals surface area contributed by atoms with E-state index in [1.807, 2.05) is 0 Å². The molecule has 4 N–H and O–H groups in total. The van der Waals surface area contributed by atoms with Gasteiger partial charge in [0.25, 0.3) is 0 Å². The normalized spacial score (nSPS) is 10.4. The number of nitrogens with zero attached hydrogens (tertiary/aromatic N) is 2. The van der Waals surface area contributed by atoms with Crippen molar-refractivity contribution in [2.45, 2.75) is 13.3 Å². The van der Waals surface area contributed by atoms with Gasteiger partial charge in [0.2, 0.25) is 5.91 Å². The monoisotopic (exact) mass is 260 g/mol. The van der Waals surface area contributed by atoms with Gasteiger partial charge in [-0.1, -0.05) is 18.2 Å². The molecule has 6 heteroatoms. The van der Waals surface area contributed by atoms with Crippen LogP contribution >= 0.6 is 0 Å². The van der Waals surface area contributed by atoms with E-state index in [9.17, 15) is 9.90 Å². The summed E-state index contributed by atoms with van der Waals surface area (Å²) in [5.74, 6) is 0.320. The molecule has 19 heavy (non-hydrogen) atoms. The van der Waals surface area contributed by atoms with E-state index in [0.29, 0.717) is 22.8 Å². The Bertz CT molecular complexity index is 619. The summed E-state index contributed by atoms with van der Waals surface area (Å²) in [6.45, 7) is 1.77. The SMILES string of the molecule is Cc1nn(C)c(NC(=O)Cc2ccccc2O)c1N. The van der Waals surface area contributed by atoms with Crippen molar-refractivity contribution in [1.82, 2.24) is 9.78 Å². The van der Waals surface area contributed by atoms with Crippen molar-refractivity contribution < 1.29 is 9.90 Å². The fourth-order valence-electron chi connectivity index (χ4n) is 1.83. The fourth-order valence-corrected chi connectivity index (χ4v) is 1.83. The Morgan fingerprint density at radius 2 is 2.16 bits per heavy atom. The quantitative estimate of drug-likeness (QED) is 0.773. The maximum absolute atomic E-state index is 11.9. The number of nitrogens with two attached hydrogens (primary N) is 1. The van der Waals surface area contributed by atoms with E-state index in [4.69, 9.17) is 5.73 Å². The van der Waals surface area contributed by atoms with Gasteiger partial charge in [-0.3, -0.25) is 9.48 Å². The Kier molecular flexibility index (Phi) is 3.41. The number of rotatable bonds is 3. The summed E-state index contributed by atoms with van der Waals surface area (Å²) < 4.78 is 1.52. The van der Waals surface area contributed by atoms with Gasteiger partial charge in [0.05, 0.1) is 17.8 Å². The third kappa shape index (κ3) is 2.67. The number of aromatic hydroxyl groups is 1. The van der Waals surface area contributed by atoms with Gasteiger partial charge < -0.3 is 16.2 Å². The van der Waals surface area contributed by atoms with Crippen molar-refractivity contribution in [2.75, 3.05) is 11.1 Å². The number of nitrogen functional groups attached to an aromatic ring is 1. The zero-order chi connectivity index (χ0) is 14.0. The van der Waals surface area contributed by atoms with E-state index in [-0.39, 0.29) is 18.1 Å². The lowest BCUT2D eigenvalue weighted by Crippen LogP contribution is -2.17. The molecule has 1 amide bonds. The lowest BCUT2D eigenvalue weighted by atomic mass is 10.1. The number of phenolic OH excluding ortho intramolecular Hbond substituents is 1. The Morgan fingerprint density at radius 3 is 2.74 bits per heavy atom. The number of nitrogens with one attached hydrogen (secondary N) is 1. The number of amides is 1. The predicted octanol–water partition coefficient (Wildman–Crippen LogP) is 1.20. The van der Waals surface area contributed by atoms with Gasteiger partial charge in [-0.05, 0) is 13.0 Å². The minimum atomic E-state index is -0.254. The molecule has 1 aromatic carbocycles. The topological polar surface area (TPSA) is 93.2 Å². The molecule has 0 saturated heterocycles. The minimum absolute atomic E-state index is 0.0797. The largest absolute Gasteiger partial charge is 0.508 e. The molecule has 1 aromatic heterocycles. The summed E-state index contributed by atoms with van der Waals surface area (Å²) >= 11 is 0. The number of phenols is 1. The van der Waals surface area contributed by atoms with Crippen molar-refractivity contribution in [3.05, 3.63) is 35.5 Å². The molecule has 0 saturated carbocycles. The molecule has 0 aliphatic rings. The van der Waals surface area contributed by atoms with Gasteiger partial charge >= 0.3 is 0 Å². The highest BCUT2D eigenvalue weighted by atomic mass is 16.3.